The minimum atomic E-state index is -0.380. The van der Waals surface area contributed by atoms with Gasteiger partial charge in [-0.2, -0.15) is 0 Å². The van der Waals surface area contributed by atoms with E-state index < -0.39 is 0 Å². The molecule has 138 valence electrons. The first-order chi connectivity index (χ1) is 12.2. The van der Waals surface area contributed by atoms with E-state index in [0.717, 1.165) is 0 Å². The lowest BCUT2D eigenvalue weighted by atomic mass is 10.1. The molecule has 0 bridgehead atoms. The standard InChI is InChI=1S/C18H17Cl3N2O3/c1-9-15(19)10(2)17(21)18(16(9)20)26-8-14(25)23-13-6-4-12(5-7-13)22-11(3)24/h4-7H,8H2,1-3H3,(H,22,24)(H,23,25). The van der Waals surface area contributed by atoms with Gasteiger partial charge in [0, 0.05) is 23.3 Å². The van der Waals surface area contributed by atoms with Crippen LogP contribution in [0.5, 0.6) is 5.75 Å². The molecule has 2 aromatic rings. The van der Waals surface area contributed by atoms with E-state index in [1.807, 2.05) is 0 Å². The molecule has 0 atom stereocenters. The highest BCUT2D eigenvalue weighted by Gasteiger charge is 2.18. The van der Waals surface area contributed by atoms with Crippen LogP contribution in [0.3, 0.4) is 0 Å². The third-order valence-corrected chi connectivity index (χ3v) is 5.03. The molecule has 0 aliphatic carbocycles. The summed E-state index contributed by atoms with van der Waals surface area (Å²) in [6.45, 7) is 4.64. The Labute approximate surface area is 166 Å². The second-order valence-corrected chi connectivity index (χ2v) is 6.75. The molecular weight excluding hydrogens is 399 g/mol. The van der Waals surface area contributed by atoms with Crippen LogP contribution in [0.2, 0.25) is 15.1 Å². The molecule has 0 heterocycles. The molecule has 2 N–H and O–H groups in total. The molecule has 0 saturated carbocycles. The number of halogens is 3. The lowest BCUT2D eigenvalue weighted by molar-refractivity contribution is -0.118. The van der Waals surface area contributed by atoms with Crippen molar-refractivity contribution in [2.45, 2.75) is 20.8 Å². The third kappa shape index (κ3) is 4.81. The van der Waals surface area contributed by atoms with Crippen LogP contribution in [0, 0.1) is 13.8 Å². The summed E-state index contributed by atoms with van der Waals surface area (Å²) in [5.41, 5.74) is 2.48. The van der Waals surface area contributed by atoms with Crippen LogP contribution in [-0.2, 0) is 9.59 Å². The highest BCUT2D eigenvalue weighted by Crippen LogP contribution is 2.42. The zero-order chi connectivity index (χ0) is 19.4. The summed E-state index contributed by atoms with van der Waals surface area (Å²) in [5.74, 6) is -0.323. The summed E-state index contributed by atoms with van der Waals surface area (Å²) in [6.07, 6.45) is 0. The van der Waals surface area contributed by atoms with E-state index in [4.69, 9.17) is 39.5 Å². The van der Waals surface area contributed by atoms with Crippen molar-refractivity contribution < 1.29 is 14.3 Å². The highest BCUT2D eigenvalue weighted by molar-refractivity contribution is 6.42. The lowest BCUT2D eigenvalue weighted by Gasteiger charge is -2.15. The van der Waals surface area contributed by atoms with E-state index in [1.165, 1.54) is 6.92 Å². The van der Waals surface area contributed by atoms with Gasteiger partial charge in [-0.25, -0.2) is 0 Å². The molecule has 0 saturated heterocycles. The number of amides is 2. The van der Waals surface area contributed by atoms with E-state index in [-0.39, 0.29) is 34.2 Å². The Hall–Kier alpha value is -1.95. The van der Waals surface area contributed by atoms with Crippen molar-refractivity contribution in [1.29, 1.82) is 0 Å². The van der Waals surface area contributed by atoms with Crippen molar-refractivity contribution in [3.63, 3.8) is 0 Å². The Bertz CT molecular complexity index is 823. The van der Waals surface area contributed by atoms with Gasteiger partial charge in [0.1, 0.15) is 0 Å². The molecule has 0 aliphatic heterocycles. The fourth-order valence-electron chi connectivity index (χ4n) is 2.21. The van der Waals surface area contributed by atoms with Crippen LogP contribution >= 0.6 is 34.8 Å². The smallest absolute Gasteiger partial charge is 0.262 e. The minimum Gasteiger partial charge on any atom is -0.481 e. The Morgan fingerprint density at radius 1 is 0.885 bits per heavy atom. The fourth-order valence-corrected chi connectivity index (χ4v) is 3.03. The summed E-state index contributed by atoms with van der Waals surface area (Å²) in [6, 6.07) is 6.69. The molecule has 0 aliphatic rings. The number of ether oxygens (including phenoxy) is 1. The van der Waals surface area contributed by atoms with Crippen molar-refractivity contribution in [3.8, 4) is 5.75 Å². The summed E-state index contributed by atoms with van der Waals surface area (Å²) < 4.78 is 5.50. The molecule has 2 amide bonds. The molecule has 0 radical (unpaired) electrons. The van der Waals surface area contributed by atoms with Gasteiger partial charge in [-0.15, -0.1) is 0 Å². The van der Waals surface area contributed by atoms with Crippen molar-refractivity contribution in [1.82, 2.24) is 0 Å². The number of benzene rings is 2. The molecule has 2 aromatic carbocycles. The van der Waals surface area contributed by atoms with Crippen LogP contribution < -0.4 is 15.4 Å². The minimum absolute atomic E-state index is 0.169. The Kier molecular flexibility index (Phi) is 6.75. The van der Waals surface area contributed by atoms with Crippen LogP contribution in [-0.4, -0.2) is 18.4 Å². The van der Waals surface area contributed by atoms with Crippen LogP contribution in [0.1, 0.15) is 18.1 Å². The molecule has 26 heavy (non-hydrogen) atoms. The van der Waals surface area contributed by atoms with Gasteiger partial charge in [-0.05, 0) is 49.2 Å². The quantitative estimate of drug-likeness (QED) is 0.702. The first-order valence-corrected chi connectivity index (χ1v) is 8.78. The zero-order valence-corrected chi connectivity index (χ0v) is 16.6. The van der Waals surface area contributed by atoms with Gasteiger partial charge in [-0.3, -0.25) is 9.59 Å². The Morgan fingerprint density at radius 3 is 1.81 bits per heavy atom. The topological polar surface area (TPSA) is 67.4 Å². The summed E-state index contributed by atoms with van der Waals surface area (Å²) in [5, 5.41) is 6.35. The molecule has 0 aromatic heterocycles. The van der Waals surface area contributed by atoms with Gasteiger partial charge in [0.2, 0.25) is 5.91 Å². The maximum absolute atomic E-state index is 12.1. The Balaban J connectivity index is 2.02. The number of nitrogens with one attached hydrogen (secondary N) is 2. The number of hydrogen-bond acceptors (Lipinski definition) is 3. The van der Waals surface area contributed by atoms with E-state index >= 15 is 0 Å². The van der Waals surface area contributed by atoms with Gasteiger partial charge in [0.15, 0.2) is 12.4 Å². The van der Waals surface area contributed by atoms with Gasteiger partial charge in [0.05, 0.1) is 10.0 Å². The van der Waals surface area contributed by atoms with Crippen molar-refractivity contribution in [2.75, 3.05) is 17.2 Å². The van der Waals surface area contributed by atoms with Crippen LogP contribution in [0.25, 0.3) is 0 Å². The van der Waals surface area contributed by atoms with E-state index in [2.05, 4.69) is 10.6 Å². The number of rotatable bonds is 5. The third-order valence-electron chi connectivity index (χ3n) is 3.55. The lowest BCUT2D eigenvalue weighted by Crippen LogP contribution is -2.20. The number of hydrogen-bond donors (Lipinski definition) is 2. The molecular formula is C18H17Cl3N2O3. The Morgan fingerprint density at radius 2 is 1.35 bits per heavy atom. The monoisotopic (exact) mass is 414 g/mol. The predicted octanol–water partition coefficient (Wildman–Crippen LogP) is 5.24. The SMILES string of the molecule is CC(=O)Nc1ccc(NC(=O)COc2c(Cl)c(C)c(Cl)c(C)c2Cl)cc1. The molecule has 5 nitrogen and oxygen atoms in total. The van der Waals surface area contributed by atoms with Crippen molar-refractivity contribution in [2.24, 2.45) is 0 Å². The van der Waals surface area contributed by atoms with E-state index in [0.29, 0.717) is 27.5 Å². The molecule has 8 heteroatoms. The van der Waals surface area contributed by atoms with Gasteiger partial charge in [-0.1, -0.05) is 34.8 Å². The predicted molar refractivity (Wildman–Crippen MR) is 106 cm³/mol. The van der Waals surface area contributed by atoms with Crippen LogP contribution in [0.15, 0.2) is 24.3 Å². The molecule has 0 spiro atoms. The van der Waals surface area contributed by atoms with E-state index in [9.17, 15) is 9.59 Å². The van der Waals surface area contributed by atoms with Gasteiger partial charge >= 0.3 is 0 Å². The summed E-state index contributed by atoms with van der Waals surface area (Å²) in [7, 11) is 0. The first-order valence-electron chi connectivity index (χ1n) is 7.64. The normalized spacial score (nSPS) is 10.4. The average Bonchev–Trinajstić information content (AvgIpc) is 2.59. The highest BCUT2D eigenvalue weighted by atomic mass is 35.5. The van der Waals surface area contributed by atoms with Gasteiger partial charge < -0.3 is 15.4 Å². The maximum atomic E-state index is 12.1. The number of carbonyl (C=O) groups excluding carboxylic acids is 2. The van der Waals surface area contributed by atoms with Crippen molar-refractivity contribution in [3.05, 3.63) is 50.5 Å². The largest absolute Gasteiger partial charge is 0.481 e. The average molecular weight is 416 g/mol. The summed E-state index contributed by atoms with van der Waals surface area (Å²) in [4.78, 5) is 23.1. The van der Waals surface area contributed by atoms with E-state index in [1.54, 1.807) is 38.1 Å². The second kappa shape index (κ2) is 8.62. The first kappa shape index (κ1) is 20.4. The fraction of sp³-hybridized carbons (Fsp3) is 0.222. The number of anilines is 2. The maximum Gasteiger partial charge on any atom is 0.262 e. The molecule has 0 unspecified atom stereocenters. The second-order valence-electron chi connectivity index (χ2n) is 5.62. The summed E-state index contributed by atoms with van der Waals surface area (Å²) >= 11 is 18.6. The molecule has 2 rings (SSSR count). The zero-order valence-electron chi connectivity index (χ0n) is 14.4. The molecule has 0 fully saturated rings. The van der Waals surface area contributed by atoms with Gasteiger partial charge in [0.25, 0.3) is 5.91 Å². The van der Waals surface area contributed by atoms with Crippen LogP contribution in [0.4, 0.5) is 11.4 Å². The number of carbonyl (C=O) groups is 2. The van der Waals surface area contributed by atoms with Crippen molar-refractivity contribution >= 4 is 58.0 Å².